The minimum Gasteiger partial charge on any atom is -0.481 e. The highest BCUT2D eigenvalue weighted by Crippen LogP contribution is 1.99. The SMILES string of the molecule is O=CC=CCCCCC(=O)O. The topological polar surface area (TPSA) is 54.4 Å². The quantitative estimate of drug-likeness (QED) is 0.359. The summed E-state index contributed by atoms with van der Waals surface area (Å²) in [5, 5.41) is 8.24. The van der Waals surface area contributed by atoms with Crippen LogP contribution in [-0.2, 0) is 9.59 Å². The average Bonchev–Trinajstić information content (AvgIpc) is 1.96. The molecule has 0 saturated heterocycles. The highest BCUT2D eigenvalue weighted by atomic mass is 16.4. The summed E-state index contributed by atoms with van der Waals surface area (Å²) in [6, 6.07) is 0. The van der Waals surface area contributed by atoms with E-state index in [0.717, 1.165) is 19.1 Å². The molecule has 0 atom stereocenters. The standard InChI is InChI=1S/C8H12O3/c9-7-5-3-1-2-4-6-8(10)11/h3,5,7H,1-2,4,6H2,(H,10,11). The smallest absolute Gasteiger partial charge is 0.303 e. The van der Waals surface area contributed by atoms with Gasteiger partial charge in [0.05, 0.1) is 0 Å². The van der Waals surface area contributed by atoms with E-state index in [1.807, 2.05) is 0 Å². The molecule has 0 aliphatic heterocycles. The molecule has 0 aromatic heterocycles. The Labute approximate surface area is 65.7 Å². The summed E-state index contributed by atoms with van der Waals surface area (Å²) in [7, 11) is 0. The maximum Gasteiger partial charge on any atom is 0.303 e. The van der Waals surface area contributed by atoms with Crippen LogP contribution in [0.15, 0.2) is 12.2 Å². The predicted molar refractivity (Wildman–Crippen MR) is 41.3 cm³/mol. The van der Waals surface area contributed by atoms with Gasteiger partial charge in [-0.1, -0.05) is 6.08 Å². The number of carboxylic acid groups (broad SMARTS) is 1. The molecule has 3 nitrogen and oxygen atoms in total. The van der Waals surface area contributed by atoms with Crippen LogP contribution in [0, 0.1) is 0 Å². The Morgan fingerprint density at radius 1 is 1.36 bits per heavy atom. The van der Waals surface area contributed by atoms with Crippen LogP contribution in [0.2, 0.25) is 0 Å². The molecule has 62 valence electrons. The Kier molecular flexibility index (Phi) is 6.28. The van der Waals surface area contributed by atoms with Crippen molar-refractivity contribution in [3.63, 3.8) is 0 Å². The van der Waals surface area contributed by atoms with Gasteiger partial charge in [0.15, 0.2) is 0 Å². The number of allylic oxidation sites excluding steroid dienone is 2. The number of rotatable bonds is 6. The Balaban J connectivity index is 3.08. The molecule has 0 heterocycles. The van der Waals surface area contributed by atoms with Crippen molar-refractivity contribution in [2.45, 2.75) is 25.7 Å². The number of aliphatic carboxylic acids is 1. The lowest BCUT2D eigenvalue weighted by Gasteiger charge is -1.91. The lowest BCUT2D eigenvalue weighted by atomic mass is 10.2. The highest BCUT2D eigenvalue weighted by Gasteiger charge is 1.93. The van der Waals surface area contributed by atoms with E-state index in [4.69, 9.17) is 5.11 Å². The van der Waals surface area contributed by atoms with Crippen molar-refractivity contribution in [3.8, 4) is 0 Å². The van der Waals surface area contributed by atoms with Crippen molar-refractivity contribution >= 4 is 12.3 Å². The zero-order valence-electron chi connectivity index (χ0n) is 6.32. The van der Waals surface area contributed by atoms with Crippen molar-refractivity contribution in [2.24, 2.45) is 0 Å². The van der Waals surface area contributed by atoms with Crippen LogP contribution >= 0.6 is 0 Å². The fraction of sp³-hybridized carbons (Fsp3) is 0.500. The molecule has 1 N–H and O–H groups in total. The first-order valence-corrected chi connectivity index (χ1v) is 3.59. The van der Waals surface area contributed by atoms with Gasteiger partial charge in [0.2, 0.25) is 0 Å². The summed E-state index contributed by atoms with van der Waals surface area (Å²) in [6.45, 7) is 0. The van der Waals surface area contributed by atoms with E-state index in [1.165, 1.54) is 6.08 Å². The Hall–Kier alpha value is -1.12. The zero-order valence-corrected chi connectivity index (χ0v) is 6.32. The Bertz CT molecular complexity index is 149. The van der Waals surface area contributed by atoms with Gasteiger partial charge in [0, 0.05) is 6.42 Å². The summed E-state index contributed by atoms with van der Waals surface area (Å²) in [4.78, 5) is 19.8. The monoisotopic (exact) mass is 156 g/mol. The average molecular weight is 156 g/mol. The molecule has 0 aromatic rings. The normalized spacial score (nSPS) is 10.2. The summed E-state index contributed by atoms with van der Waals surface area (Å²) in [5.74, 6) is -0.760. The molecular weight excluding hydrogens is 144 g/mol. The van der Waals surface area contributed by atoms with Crippen molar-refractivity contribution in [3.05, 3.63) is 12.2 Å². The molecule has 0 aromatic carbocycles. The van der Waals surface area contributed by atoms with Gasteiger partial charge in [-0.2, -0.15) is 0 Å². The van der Waals surface area contributed by atoms with E-state index in [9.17, 15) is 9.59 Å². The van der Waals surface area contributed by atoms with Crippen molar-refractivity contribution in [2.75, 3.05) is 0 Å². The van der Waals surface area contributed by atoms with Crippen molar-refractivity contribution in [1.82, 2.24) is 0 Å². The number of hydrogen-bond acceptors (Lipinski definition) is 2. The summed E-state index contributed by atoms with van der Waals surface area (Å²) < 4.78 is 0. The number of carbonyl (C=O) groups excluding carboxylic acids is 1. The minimum absolute atomic E-state index is 0.217. The fourth-order valence-corrected chi connectivity index (χ4v) is 0.690. The van der Waals surface area contributed by atoms with Crippen LogP contribution in [0.25, 0.3) is 0 Å². The van der Waals surface area contributed by atoms with Crippen LogP contribution in [-0.4, -0.2) is 17.4 Å². The first-order valence-electron chi connectivity index (χ1n) is 3.59. The van der Waals surface area contributed by atoms with Crippen LogP contribution in [0.4, 0.5) is 0 Å². The highest BCUT2D eigenvalue weighted by molar-refractivity contribution is 5.66. The van der Waals surface area contributed by atoms with Crippen LogP contribution in [0.5, 0.6) is 0 Å². The first-order chi connectivity index (χ1) is 5.27. The number of aldehydes is 1. The maximum atomic E-state index is 10.0. The van der Waals surface area contributed by atoms with E-state index >= 15 is 0 Å². The molecule has 11 heavy (non-hydrogen) atoms. The lowest BCUT2D eigenvalue weighted by molar-refractivity contribution is -0.137. The number of unbranched alkanes of at least 4 members (excludes halogenated alkanes) is 2. The number of carbonyl (C=O) groups is 2. The number of hydrogen-bond donors (Lipinski definition) is 1. The van der Waals surface area contributed by atoms with E-state index in [-0.39, 0.29) is 6.42 Å². The molecule has 0 aliphatic rings. The van der Waals surface area contributed by atoms with Crippen molar-refractivity contribution in [1.29, 1.82) is 0 Å². The lowest BCUT2D eigenvalue weighted by Crippen LogP contribution is -1.92. The van der Waals surface area contributed by atoms with Gasteiger partial charge in [-0.05, 0) is 25.3 Å². The van der Waals surface area contributed by atoms with Gasteiger partial charge < -0.3 is 5.11 Å². The van der Waals surface area contributed by atoms with Crippen molar-refractivity contribution < 1.29 is 14.7 Å². The molecule has 0 spiro atoms. The Morgan fingerprint density at radius 2 is 2.09 bits per heavy atom. The minimum atomic E-state index is -0.760. The molecule has 0 bridgehead atoms. The fourth-order valence-electron chi connectivity index (χ4n) is 0.690. The van der Waals surface area contributed by atoms with Crippen LogP contribution in [0.1, 0.15) is 25.7 Å². The largest absolute Gasteiger partial charge is 0.481 e. The van der Waals surface area contributed by atoms with E-state index < -0.39 is 5.97 Å². The van der Waals surface area contributed by atoms with Gasteiger partial charge in [0.1, 0.15) is 6.29 Å². The third-order valence-corrected chi connectivity index (χ3v) is 1.23. The summed E-state index contributed by atoms with van der Waals surface area (Å²) >= 11 is 0. The summed E-state index contributed by atoms with van der Waals surface area (Å²) in [5.41, 5.74) is 0. The molecule has 0 radical (unpaired) electrons. The third kappa shape index (κ3) is 8.88. The maximum absolute atomic E-state index is 10.0. The van der Waals surface area contributed by atoms with Gasteiger partial charge in [0.25, 0.3) is 0 Å². The molecule has 0 amide bonds. The molecule has 0 fully saturated rings. The van der Waals surface area contributed by atoms with Crippen LogP contribution in [0.3, 0.4) is 0 Å². The second-order valence-corrected chi connectivity index (χ2v) is 2.20. The van der Waals surface area contributed by atoms with E-state index in [0.29, 0.717) is 6.42 Å². The second-order valence-electron chi connectivity index (χ2n) is 2.20. The van der Waals surface area contributed by atoms with E-state index in [1.54, 1.807) is 6.08 Å². The molecular formula is C8H12O3. The predicted octanol–water partition coefficient (Wildman–Crippen LogP) is 1.39. The van der Waals surface area contributed by atoms with E-state index in [2.05, 4.69) is 0 Å². The van der Waals surface area contributed by atoms with Gasteiger partial charge in [-0.25, -0.2) is 0 Å². The van der Waals surface area contributed by atoms with Gasteiger partial charge in [-0.15, -0.1) is 0 Å². The number of carboxylic acids is 1. The summed E-state index contributed by atoms with van der Waals surface area (Å²) in [6.07, 6.45) is 6.41. The molecule has 0 aliphatic carbocycles. The second kappa shape index (κ2) is 6.99. The van der Waals surface area contributed by atoms with Gasteiger partial charge >= 0.3 is 5.97 Å². The van der Waals surface area contributed by atoms with Gasteiger partial charge in [-0.3, -0.25) is 9.59 Å². The Morgan fingerprint density at radius 3 is 2.64 bits per heavy atom. The van der Waals surface area contributed by atoms with Crippen LogP contribution < -0.4 is 0 Å². The first kappa shape index (κ1) is 9.88. The zero-order chi connectivity index (χ0) is 8.53. The third-order valence-electron chi connectivity index (χ3n) is 1.23. The molecule has 3 heteroatoms. The molecule has 0 rings (SSSR count). The molecule has 0 saturated carbocycles. The molecule has 0 unspecified atom stereocenters.